The maximum atomic E-state index is 11.8. The molecule has 1 atom stereocenters. The summed E-state index contributed by atoms with van der Waals surface area (Å²) in [6, 6.07) is 3.77. The number of carboxylic acids is 1. The first-order valence-electron chi connectivity index (χ1n) is 5.43. The number of hydrogen-bond acceptors (Lipinski definition) is 6. The molecule has 2 rings (SSSR count). The molecule has 0 bridgehead atoms. The predicted molar refractivity (Wildman–Crippen MR) is 70.1 cm³/mol. The van der Waals surface area contributed by atoms with Crippen LogP contribution in [0.2, 0.25) is 0 Å². The molecule has 1 unspecified atom stereocenters. The van der Waals surface area contributed by atoms with E-state index in [4.69, 9.17) is 9.52 Å². The van der Waals surface area contributed by atoms with Crippen molar-refractivity contribution in [3.8, 4) is 0 Å². The van der Waals surface area contributed by atoms with Crippen LogP contribution in [0.3, 0.4) is 0 Å². The topological polar surface area (TPSA) is 117 Å². The Hall–Kier alpha value is -1.68. The normalized spacial score (nSPS) is 13.2. The molecule has 2 aromatic rings. The van der Waals surface area contributed by atoms with Gasteiger partial charge in [0.05, 0.1) is 6.10 Å². The minimum atomic E-state index is -4.00. The van der Waals surface area contributed by atoms with Crippen molar-refractivity contribution in [3.63, 3.8) is 0 Å². The van der Waals surface area contributed by atoms with E-state index in [1.54, 1.807) is 16.8 Å². The van der Waals surface area contributed by atoms with E-state index in [-0.39, 0.29) is 6.54 Å². The Morgan fingerprint density at radius 1 is 1.40 bits per heavy atom. The number of aliphatic hydroxyl groups is 1. The Labute approximate surface area is 118 Å². The molecule has 0 amide bonds. The zero-order chi connectivity index (χ0) is 14.8. The van der Waals surface area contributed by atoms with Gasteiger partial charge in [0.1, 0.15) is 0 Å². The zero-order valence-corrected chi connectivity index (χ0v) is 11.6. The number of aromatic carboxylic acids is 1. The molecule has 7 nitrogen and oxygen atoms in total. The Balaban J connectivity index is 2.05. The van der Waals surface area contributed by atoms with Gasteiger partial charge >= 0.3 is 5.97 Å². The highest BCUT2D eigenvalue weighted by Gasteiger charge is 2.22. The smallest absolute Gasteiger partial charge is 0.371 e. The summed E-state index contributed by atoms with van der Waals surface area (Å²) in [5.41, 5.74) is 0.600. The number of aliphatic hydroxyl groups excluding tert-OH is 1. The predicted octanol–water partition coefficient (Wildman–Crippen LogP) is 1.05. The molecule has 2 heterocycles. The van der Waals surface area contributed by atoms with Crippen LogP contribution in [-0.4, -0.2) is 31.1 Å². The van der Waals surface area contributed by atoms with Gasteiger partial charge in [0.25, 0.3) is 10.0 Å². The number of nitrogens with one attached hydrogen (secondary N) is 1. The second kappa shape index (κ2) is 5.75. The van der Waals surface area contributed by atoms with Gasteiger partial charge < -0.3 is 14.6 Å². The van der Waals surface area contributed by atoms with Crippen molar-refractivity contribution in [3.05, 3.63) is 40.3 Å². The number of hydrogen-bond donors (Lipinski definition) is 3. The molecule has 0 saturated heterocycles. The third-order valence-electron chi connectivity index (χ3n) is 2.45. The lowest BCUT2D eigenvalue weighted by Gasteiger charge is -2.09. The van der Waals surface area contributed by atoms with Crippen molar-refractivity contribution in [2.75, 3.05) is 6.54 Å². The highest BCUT2D eigenvalue weighted by molar-refractivity contribution is 7.89. The Morgan fingerprint density at radius 3 is 2.70 bits per heavy atom. The lowest BCUT2D eigenvalue weighted by molar-refractivity contribution is 0.0656. The van der Waals surface area contributed by atoms with E-state index in [9.17, 15) is 18.3 Å². The molecule has 0 aliphatic heterocycles. The van der Waals surface area contributed by atoms with Crippen LogP contribution in [0.5, 0.6) is 0 Å². The number of sulfonamides is 1. The monoisotopic (exact) mass is 317 g/mol. The van der Waals surface area contributed by atoms with Crippen LogP contribution in [0.4, 0.5) is 0 Å². The van der Waals surface area contributed by atoms with E-state index in [0.717, 1.165) is 12.1 Å². The summed E-state index contributed by atoms with van der Waals surface area (Å²) in [5.74, 6) is -1.83. The maximum absolute atomic E-state index is 11.8. The lowest BCUT2D eigenvalue weighted by atomic mass is 10.2. The van der Waals surface area contributed by atoms with Crippen molar-refractivity contribution in [2.24, 2.45) is 0 Å². The molecule has 0 saturated carbocycles. The van der Waals surface area contributed by atoms with Crippen LogP contribution in [0, 0.1) is 0 Å². The van der Waals surface area contributed by atoms with Gasteiger partial charge in [-0.15, -0.1) is 0 Å². The first kappa shape index (κ1) is 14.7. The minimum Gasteiger partial charge on any atom is -0.475 e. The Bertz CT molecular complexity index is 688. The van der Waals surface area contributed by atoms with Gasteiger partial charge in [-0.1, -0.05) is 0 Å². The molecule has 9 heteroatoms. The summed E-state index contributed by atoms with van der Waals surface area (Å²) in [7, 11) is -4.00. The molecule has 2 aromatic heterocycles. The molecule has 0 spiro atoms. The average molecular weight is 317 g/mol. The van der Waals surface area contributed by atoms with Gasteiger partial charge in [0.2, 0.25) is 10.9 Å². The number of carboxylic acid groups (broad SMARTS) is 1. The molecule has 20 heavy (non-hydrogen) atoms. The number of carbonyl (C=O) groups is 1. The van der Waals surface area contributed by atoms with Gasteiger partial charge in [-0.3, -0.25) is 0 Å². The SMILES string of the molecule is O=C(O)c1ccc(S(=O)(=O)NCC(O)c2ccsc2)o1. The summed E-state index contributed by atoms with van der Waals surface area (Å²) in [6.45, 7) is -0.234. The molecule has 0 aliphatic rings. The fourth-order valence-corrected chi connectivity index (χ4v) is 3.10. The molecule has 108 valence electrons. The van der Waals surface area contributed by atoms with Gasteiger partial charge in [-0.25, -0.2) is 17.9 Å². The standard InChI is InChI=1S/C11H11NO6S2/c13-8(7-3-4-19-6-7)5-12-20(16,17)10-2-1-9(18-10)11(14)15/h1-4,6,8,12-13H,5H2,(H,14,15). The maximum Gasteiger partial charge on any atom is 0.371 e. The van der Waals surface area contributed by atoms with Crippen molar-refractivity contribution < 1.29 is 27.8 Å². The molecule has 0 aliphatic carbocycles. The van der Waals surface area contributed by atoms with E-state index in [1.807, 2.05) is 0 Å². The highest BCUT2D eigenvalue weighted by atomic mass is 32.2. The van der Waals surface area contributed by atoms with Gasteiger partial charge in [-0.2, -0.15) is 11.3 Å². The molecule has 0 aromatic carbocycles. The largest absolute Gasteiger partial charge is 0.475 e. The minimum absolute atomic E-state index is 0.234. The van der Waals surface area contributed by atoms with Crippen LogP contribution in [-0.2, 0) is 10.0 Å². The number of furan rings is 1. The number of thiophene rings is 1. The van der Waals surface area contributed by atoms with Crippen LogP contribution in [0.15, 0.2) is 38.5 Å². The van der Waals surface area contributed by atoms with E-state index >= 15 is 0 Å². The summed E-state index contributed by atoms with van der Waals surface area (Å²) >= 11 is 1.38. The quantitative estimate of drug-likeness (QED) is 0.733. The summed E-state index contributed by atoms with van der Waals surface area (Å²) < 4.78 is 30.5. The van der Waals surface area contributed by atoms with Crippen LogP contribution >= 0.6 is 11.3 Å². The van der Waals surface area contributed by atoms with Gasteiger partial charge in [0.15, 0.2) is 0 Å². The number of rotatable bonds is 6. The second-order valence-electron chi connectivity index (χ2n) is 3.85. The van der Waals surface area contributed by atoms with Gasteiger partial charge in [0, 0.05) is 6.54 Å². The average Bonchev–Trinajstić information content (AvgIpc) is 3.06. The molecule has 0 fully saturated rings. The van der Waals surface area contributed by atoms with Crippen molar-refractivity contribution in [2.45, 2.75) is 11.2 Å². The first-order chi connectivity index (χ1) is 9.40. The first-order valence-corrected chi connectivity index (χ1v) is 7.85. The van der Waals surface area contributed by atoms with Gasteiger partial charge in [-0.05, 0) is 34.5 Å². The summed E-state index contributed by atoms with van der Waals surface area (Å²) in [5, 5.41) is 21.4. The summed E-state index contributed by atoms with van der Waals surface area (Å²) in [6.07, 6.45) is -0.982. The Morgan fingerprint density at radius 2 is 2.15 bits per heavy atom. The third kappa shape index (κ3) is 3.25. The van der Waals surface area contributed by atoms with Crippen molar-refractivity contribution in [1.82, 2.24) is 4.72 Å². The molecular formula is C11H11NO6S2. The fourth-order valence-electron chi connectivity index (χ4n) is 1.42. The highest BCUT2D eigenvalue weighted by Crippen LogP contribution is 2.17. The fraction of sp³-hybridized carbons (Fsp3) is 0.182. The lowest BCUT2D eigenvalue weighted by Crippen LogP contribution is -2.28. The summed E-state index contributed by atoms with van der Waals surface area (Å²) in [4.78, 5) is 10.6. The van der Waals surface area contributed by atoms with Crippen LogP contribution in [0.25, 0.3) is 0 Å². The van der Waals surface area contributed by atoms with Crippen molar-refractivity contribution in [1.29, 1.82) is 0 Å². The van der Waals surface area contributed by atoms with E-state index in [2.05, 4.69) is 4.72 Å². The molecule has 3 N–H and O–H groups in total. The third-order valence-corrected chi connectivity index (χ3v) is 4.45. The van der Waals surface area contributed by atoms with E-state index < -0.39 is 32.9 Å². The molecular weight excluding hydrogens is 306 g/mol. The van der Waals surface area contributed by atoms with Crippen LogP contribution in [0.1, 0.15) is 22.2 Å². The second-order valence-corrected chi connectivity index (χ2v) is 6.33. The zero-order valence-electron chi connectivity index (χ0n) is 10.0. The Kier molecular flexibility index (Phi) is 4.23. The van der Waals surface area contributed by atoms with Crippen LogP contribution < -0.4 is 4.72 Å². The van der Waals surface area contributed by atoms with Crippen molar-refractivity contribution >= 4 is 27.3 Å². The molecule has 0 radical (unpaired) electrons. The van der Waals surface area contributed by atoms with E-state index in [0.29, 0.717) is 5.56 Å². The van der Waals surface area contributed by atoms with E-state index in [1.165, 1.54) is 11.3 Å².